The van der Waals surface area contributed by atoms with Crippen LogP contribution in [0.3, 0.4) is 0 Å². The Morgan fingerprint density at radius 3 is 2.67 bits per heavy atom. The summed E-state index contributed by atoms with van der Waals surface area (Å²) < 4.78 is 45.8. The van der Waals surface area contributed by atoms with Crippen LogP contribution in [0, 0.1) is 0 Å². The highest BCUT2D eigenvalue weighted by Gasteiger charge is 2.46. The van der Waals surface area contributed by atoms with E-state index in [0.29, 0.717) is 12.8 Å². The standard InChI is InChI=1S/C11H18F3NO3/c1-3-17-9(16)10(15-2)5-4-8(6-10)18-7-11(12,13)14/h8,15H,3-7H2,1-2H3. The van der Waals surface area contributed by atoms with Gasteiger partial charge in [0.15, 0.2) is 0 Å². The lowest BCUT2D eigenvalue weighted by Gasteiger charge is -2.26. The third kappa shape index (κ3) is 3.84. The summed E-state index contributed by atoms with van der Waals surface area (Å²) in [5.41, 5.74) is -0.910. The Bertz CT molecular complexity index is 296. The first-order valence-electron chi connectivity index (χ1n) is 5.87. The zero-order chi connectivity index (χ0) is 13.8. The quantitative estimate of drug-likeness (QED) is 0.771. The molecule has 0 bridgehead atoms. The van der Waals surface area contributed by atoms with Gasteiger partial charge in [-0.3, -0.25) is 4.79 Å². The number of ether oxygens (including phenoxy) is 2. The number of halogens is 3. The maximum absolute atomic E-state index is 12.0. The molecule has 1 saturated carbocycles. The minimum absolute atomic E-state index is 0.207. The highest BCUT2D eigenvalue weighted by molar-refractivity contribution is 5.81. The zero-order valence-electron chi connectivity index (χ0n) is 10.5. The van der Waals surface area contributed by atoms with E-state index in [1.54, 1.807) is 14.0 Å². The highest BCUT2D eigenvalue weighted by atomic mass is 19.4. The Hall–Kier alpha value is -0.820. The van der Waals surface area contributed by atoms with Crippen LogP contribution in [0.4, 0.5) is 13.2 Å². The van der Waals surface area contributed by atoms with Gasteiger partial charge >= 0.3 is 12.1 Å². The number of hydrogen-bond acceptors (Lipinski definition) is 4. The van der Waals surface area contributed by atoms with Crippen LogP contribution in [-0.4, -0.2) is 44.0 Å². The van der Waals surface area contributed by atoms with E-state index in [2.05, 4.69) is 5.32 Å². The maximum atomic E-state index is 12.0. The number of esters is 1. The number of likely N-dealkylation sites (N-methyl/N-ethyl adjacent to an activating group) is 1. The molecule has 0 amide bonds. The third-order valence-electron chi connectivity index (χ3n) is 3.10. The fourth-order valence-corrected chi connectivity index (χ4v) is 2.14. The summed E-state index contributed by atoms with van der Waals surface area (Å²) in [6, 6.07) is 0. The molecule has 2 atom stereocenters. The van der Waals surface area contributed by atoms with Crippen molar-refractivity contribution in [2.24, 2.45) is 0 Å². The minimum Gasteiger partial charge on any atom is -0.465 e. The van der Waals surface area contributed by atoms with Crippen LogP contribution in [0.2, 0.25) is 0 Å². The van der Waals surface area contributed by atoms with Gasteiger partial charge in [0.1, 0.15) is 12.1 Å². The maximum Gasteiger partial charge on any atom is 0.411 e. The molecule has 1 fully saturated rings. The molecule has 1 N–H and O–H groups in total. The van der Waals surface area contributed by atoms with Crippen LogP contribution < -0.4 is 5.32 Å². The summed E-state index contributed by atoms with van der Waals surface area (Å²) in [6.45, 7) is 0.657. The van der Waals surface area contributed by atoms with Crippen molar-refractivity contribution in [3.8, 4) is 0 Å². The highest BCUT2D eigenvalue weighted by Crippen LogP contribution is 2.33. The van der Waals surface area contributed by atoms with Gasteiger partial charge in [-0.25, -0.2) is 0 Å². The number of alkyl halides is 3. The molecule has 4 nitrogen and oxygen atoms in total. The Balaban J connectivity index is 2.53. The monoisotopic (exact) mass is 269 g/mol. The van der Waals surface area contributed by atoms with E-state index in [9.17, 15) is 18.0 Å². The third-order valence-corrected chi connectivity index (χ3v) is 3.10. The van der Waals surface area contributed by atoms with Gasteiger partial charge in [0.2, 0.25) is 0 Å². The van der Waals surface area contributed by atoms with Gasteiger partial charge in [0, 0.05) is 6.42 Å². The fraction of sp³-hybridized carbons (Fsp3) is 0.909. The Labute approximate surface area is 104 Å². The number of carbonyl (C=O) groups is 1. The summed E-state index contributed by atoms with van der Waals surface area (Å²) in [5, 5.41) is 2.85. The van der Waals surface area contributed by atoms with Crippen LogP contribution in [0.25, 0.3) is 0 Å². The minimum atomic E-state index is -4.34. The molecular formula is C11H18F3NO3. The molecule has 0 aliphatic heterocycles. The van der Waals surface area contributed by atoms with Crippen LogP contribution in [0.5, 0.6) is 0 Å². The van der Waals surface area contributed by atoms with Gasteiger partial charge in [-0.15, -0.1) is 0 Å². The van der Waals surface area contributed by atoms with Crippen LogP contribution >= 0.6 is 0 Å². The molecule has 7 heteroatoms. The summed E-state index contributed by atoms with van der Waals surface area (Å²) in [6.07, 6.45) is -3.86. The molecular weight excluding hydrogens is 251 g/mol. The van der Waals surface area contributed by atoms with Crippen molar-refractivity contribution >= 4 is 5.97 Å². The lowest BCUT2D eigenvalue weighted by Crippen LogP contribution is -2.49. The average Bonchev–Trinajstić information content (AvgIpc) is 2.71. The first-order chi connectivity index (χ1) is 8.33. The first-order valence-corrected chi connectivity index (χ1v) is 5.87. The second kappa shape index (κ2) is 5.88. The Kier molecular flexibility index (Phi) is 4.98. The van der Waals surface area contributed by atoms with Gasteiger partial charge in [0.25, 0.3) is 0 Å². The fourth-order valence-electron chi connectivity index (χ4n) is 2.14. The van der Waals surface area contributed by atoms with Gasteiger partial charge in [-0.05, 0) is 26.8 Å². The van der Waals surface area contributed by atoms with Gasteiger partial charge in [-0.2, -0.15) is 13.2 Å². The molecule has 0 saturated heterocycles. The lowest BCUT2D eigenvalue weighted by atomic mass is 9.98. The van der Waals surface area contributed by atoms with Crippen molar-refractivity contribution in [1.82, 2.24) is 5.32 Å². The molecule has 2 unspecified atom stereocenters. The predicted octanol–water partition coefficient (Wildman–Crippen LogP) is 1.64. The Morgan fingerprint density at radius 1 is 1.50 bits per heavy atom. The molecule has 106 valence electrons. The van der Waals surface area contributed by atoms with Crippen molar-refractivity contribution in [2.45, 2.75) is 44.0 Å². The van der Waals surface area contributed by atoms with Crippen molar-refractivity contribution in [2.75, 3.05) is 20.3 Å². The van der Waals surface area contributed by atoms with E-state index in [-0.39, 0.29) is 13.0 Å². The average molecular weight is 269 g/mol. The number of rotatable bonds is 5. The second-order valence-corrected chi connectivity index (χ2v) is 4.34. The van der Waals surface area contributed by atoms with Crippen LogP contribution in [0.1, 0.15) is 26.2 Å². The predicted molar refractivity (Wildman–Crippen MR) is 58.1 cm³/mol. The van der Waals surface area contributed by atoms with Crippen molar-refractivity contribution in [3.05, 3.63) is 0 Å². The summed E-state index contributed by atoms with van der Waals surface area (Å²) >= 11 is 0. The molecule has 18 heavy (non-hydrogen) atoms. The second-order valence-electron chi connectivity index (χ2n) is 4.34. The van der Waals surface area contributed by atoms with Crippen LogP contribution in [-0.2, 0) is 14.3 Å². The summed E-state index contributed by atoms with van der Waals surface area (Å²) in [5.74, 6) is -0.425. The molecule has 0 aromatic rings. The molecule has 0 radical (unpaired) electrons. The van der Waals surface area contributed by atoms with E-state index < -0.39 is 30.4 Å². The molecule has 1 aliphatic carbocycles. The molecule has 0 heterocycles. The Morgan fingerprint density at radius 2 is 2.17 bits per heavy atom. The van der Waals surface area contributed by atoms with Crippen molar-refractivity contribution in [1.29, 1.82) is 0 Å². The first kappa shape index (κ1) is 15.2. The van der Waals surface area contributed by atoms with E-state index in [4.69, 9.17) is 9.47 Å². The van der Waals surface area contributed by atoms with E-state index in [0.717, 1.165) is 0 Å². The summed E-state index contributed by atoms with van der Waals surface area (Å²) in [7, 11) is 1.60. The molecule has 0 spiro atoms. The smallest absolute Gasteiger partial charge is 0.411 e. The largest absolute Gasteiger partial charge is 0.465 e. The van der Waals surface area contributed by atoms with E-state index >= 15 is 0 Å². The van der Waals surface area contributed by atoms with Crippen molar-refractivity contribution < 1.29 is 27.4 Å². The summed E-state index contributed by atoms with van der Waals surface area (Å²) in [4.78, 5) is 11.8. The van der Waals surface area contributed by atoms with Gasteiger partial charge in [-0.1, -0.05) is 0 Å². The van der Waals surface area contributed by atoms with Crippen molar-refractivity contribution in [3.63, 3.8) is 0 Å². The molecule has 0 aromatic heterocycles. The zero-order valence-corrected chi connectivity index (χ0v) is 10.5. The van der Waals surface area contributed by atoms with Gasteiger partial charge < -0.3 is 14.8 Å². The number of nitrogens with one attached hydrogen (secondary N) is 1. The topological polar surface area (TPSA) is 47.6 Å². The molecule has 0 aromatic carbocycles. The normalized spacial score (nSPS) is 28.4. The van der Waals surface area contributed by atoms with E-state index in [1.165, 1.54) is 0 Å². The van der Waals surface area contributed by atoms with Gasteiger partial charge in [0.05, 0.1) is 12.7 Å². The SMILES string of the molecule is CCOC(=O)C1(NC)CCC(OCC(F)(F)F)C1. The lowest BCUT2D eigenvalue weighted by molar-refractivity contribution is -0.185. The molecule has 1 rings (SSSR count). The molecule has 1 aliphatic rings. The van der Waals surface area contributed by atoms with E-state index in [1.807, 2.05) is 0 Å². The number of carbonyl (C=O) groups excluding carboxylic acids is 1. The van der Waals surface area contributed by atoms with Crippen LogP contribution in [0.15, 0.2) is 0 Å². The number of hydrogen-bond donors (Lipinski definition) is 1.